The molecule has 1 amide bonds. The van der Waals surface area contributed by atoms with Crippen LogP contribution in [-0.4, -0.2) is 17.6 Å². The molecule has 146 valence electrons. The second-order valence-corrected chi connectivity index (χ2v) is 7.73. The summed E-state index contributed by atoms with van der Waals surface area (Å²) in [5.74, 6) is -0.248. The molecule has 0 aliphatic rings. The van der Waals surface area contributed by atoms with Gasteiger partial charge in [-0.1, -0.05) is 66.7 Å². The summed E-state index contributed by atoms with van der Waals surface area (Å²) in [5.41, 5.74) is 0.369. The Morgan fingerprint density at radius 1 is 0.931 bits per heavy atom. The highest BCUT2D eigenvalue weighted by Gasteiger charge is 2.37. The van der Waals surface area contributed by atoms with Crippen molar-refractivity contribution in [3.63, 3.8) is 0 Å². The van der Waals surface area contributed by atoms with E-state index in [-0.39, 0.29) is 12.5 Å². The number of hydrogen-bond acceptors (Lipinski definition) is 4. The number of nitrogens with one attached hydrogen (secondary N) is 1. The van der Waals surface area contributed by atoms with Crippen molar-refractivity contribution < 1.29 is 14.3 Å². The van der Waals surface area contributed by atoms with E-state index in [0.717, 1.165) is 11.1 Å². The number of benzene rings is 2. The maximum atomic E-state index is 13.3. The van der Waals surface area contributed by atoms with Gasteiger partial charge in [0.05, 0.1) is 18.7 Å². The Morgan fingerprint density at radius 3 is 2.10 bits per heavy atom. The predicted octanol–water partition coefficient (Wildman–Crippen LogP) is 4.53. The van der Waals surface area contributed by atoms with E-state index in [4.69, 9.17) is 4.42 Å². The number of carbonyl (C=O) groups is 1. The Balaban J connectivity index is 1.62. The highest BCUT2D eigenvalue weighted by molar-refractivity contribution is 7.10. The van der Waals surface area contributed by atoms with Gasteiger partial charge in [-0.05, 0) is 34.7 Å². The fourth-order valence-corrected chi connectivity index (χ4v) is 4.26. The predicted molar refractivity (Wildman–Crippen MR) is 114 cm³/mol. The van der Waals surface area contributed by atoms with Gasteiger partial charge in [0.1, 0.15) is 5.76 Å². The van der Waals surface area contributed by atoms with E-state index in [1.165, 1.54) is 17.6 Å². The summed E-state index contributed by atoms with van der Waals surface area (Å²) in [6, 6.07) is 26.4. The minimum atomic E-state index is -1.43. The monoisotopic (exact) mass is 403 g/mol. The number of aliphatic hydroxyl groups is 1. The molecule has 0 aliphatic carbocycles. The minimum Gasteiger partial charge on any atom is -0.466 e. The summed E-state index contributed by atoms with van der Waals surface area (Å²) >= 11 is 1.42. The van der Waals surface area contributed by atoms with E-state index in [1.807, 2.05) is 78.2 Å². The summed E-state index contributed by atoms with van der Waals surface area (Å²) < 4.78 is 5.49. The van der Waals surface area contributed by atoms with E-state index in [0.29, 0.717) is 10.6 Å². The van der Waals surface area contributed by atoms with E-state index in [2.05, 4.69) is 5.32 Å². The quantitative estimate of drug-likeness (QED) is 0.477. The summed E-state index contributed by atoms with van der Waals surface area (Å²) in [6.45, 7) is 0.00995. The van der Waals surface area contributed by atoms with Crippen molar-refractivity contribution in [2.45, 2.75) is 11.5 Å². The number of furan rings is 1. The van der Waals surface area contributed by atoms with Gasteiger partial charge in [0.15, 0.2) is 5.60 Å². The first-order chi connectivity index (χ1) is 14.2. The molecular weight excluding hydrogens is 382 g/mol. The smallest absolute Gasteiger partial charge is 0.232 e. The molecule has 0 radical (unpaired) electrons. The number of hydrogen-bond donors (Lipinski definition) is 2. The summed E-state index contributed by atoms with van der Waals surface area (Å²) in [6.07, 6.45) is 1.52. The fraction of sp³-hybridized carbons (Fsp3) is 0.125. The maximum Gasteiger partial charge on any atom is 0.232 e. The first-order valence-electron chi connectivity index (χ1n) is 9.36. The molecule has 0 bridgehead atoms. The van der Waals surface area contributed by atoms with Crippen LogP contribution in [0.25, 0.3) is 0 Å². The zero-order valence-electron chi connectivity index (χ0n) is 15.7. The SMILES string of the molecule is O=C(NCC(O)(c1ccco1)c1cccs1)C(c1ccccc1)c1ccccc1. The van der Waals surface area contributed by atoms with Gasteiger partial charge in [-0.25, -0.2) is 0 Å². The molecule has 2 N–H and O–H groups in total. The Hall–Kier alpha value is -3.15. The molecule has 0 aliphatic heterocycles. The third-order valence-electron chi connectivity index (χ3n) is 4.90. The molecule has 0 saturated carbocycles. The number of thiophene rings is 1. The van der Waals surface area contributed by atoms with Crippen LogP contribution in [0.4, 0.5) is 0 Å². The summed E-state index contributed by atoms with van der Waals surface area (Å²) in [7, 11) is 0. The van der Waals surface area contributed by atoms with Crippen LogP contribution in [0.15, 0.2) is 101 Å². The second kappa shape index (κ2) is 8.47. The first-order valence-corrected chi connectivity index (χ1v) is 10.2. The van der Waals surface area contributed by atoms with Gasteiger partial charge in [0.25, 0.3) is 0 Å². The van der Waals surface area contributed by atoms with E-state index in [1.54, 1.807) is 12.1 Å². The molecule has 2 heterocycles. The van der Waals surface area contributed by atoms with Crippen LogP contribution in [0, 0.1) is 0 Å². The highest BCUT2D eigenvalue weighted by Crippen LogP contribution is 2.33. The molecule has 5 heteroatoms. The molecule has 0 fully saturated rings. The Morgan fingerprint density at radius 2 is 1.59 bits per heavy atom. The third-order valence-corrected chi connectivity index (χ3v) is 5.92. The van der Waals surface area contributed by atoms with Crippen molar-refractivity contribution in [3.8, 4) is 0 Å². The van der Waals surface area contributed by atoms with Crippen LogP contribution in [0.5, 0.6) is 0 Å². The summed E-state index contributed by atoms with van der Waals surface area (Å²) in [5, 5.41) is 16.3. The van der Waals surface area contributed by atoms with Gasteiger partial charge in [-0.3, -0.25) is 4.79 Å². The van der Waals surface area contributed by atoms with Gasteiger partial charge in [0.2, 0.25) is 5.91 Å². The van der Waals surface area contributed by atoms with Gasteiger partial charge < -0.3 is 14.8 Å². The Labute approximate surface area is 173 Å². The van der Waals surface area contributed by atoms with Gasteiger partial charge in [-0.15, -0.1) is 11.3 Å². The largest absolute Gasteiger partial charge is 0.466 e. The molecule has 4 aromatic rings. The zero-order valence-corrected chi connectivity index (χ0v) is 16.5. The zero-order chi connectivity index (χ0) is 20.1. The van der Waals surface area contributed by atoms with Crippen LogP contribution in [0.2, 0.25) is 0 Å². The van der Waals surface area contributed by atoms with Crippen molar-refractivity contribution in [3.05, 3.63) is 118 Å². The van der Waals surface area contributed by atoms with Crippen molar-refractivity contribution in [2.75, 3.05) is 6.54 Å². The molecule has 29 heavy (non-hydrogen) atoms. The highest BCUT2D eigenvalue weighted by atomic mass is 32.1. The standard InChI is InChI=1S/C24H21NO3S/c26-23(22(18-9-3-1-4-10-18)19-11-5-2-6-12-19)25-17-24(27,20-13-7-15-28-20)21-14-8-16-29-21/h1-16,22,27H,17H2,(H,25,26). The lowest BCUT2D eigenvalue weighted by molar-refractivity contribution is -0.122. The Kier molecular flexibility index (Phi) is 5.60. The average molecular weight is 404 g/mol. The fourth-order valence-electron chi connectivity index (χ4n) is 3.43. The minimum absolute atomic E-state index is 0.00995. The van der Waals surface area contributed by atoms with E-state index >= 15 is 0 Å². The molecule has 1 atom stereocenters. The van der Waals surface area contributed by atoms with Crippen LogP contribution >= 0.6 is 11.3 Å². The van der Waals surface area contributed by atoms with Crippen molar-refractivity contribution in [1.29, 1.82) is 0 Å². The van der Waals surface area contributed by atoms with E-state index in [9.17, 15) is 9.90 Å². The van der Waals surface area contributed by atoms with Gasteiger partial charge in [-0.2, -0.15) is 0 Å². The van der Waals surface area contributed by atoms with Crippen molar-refractivity contribution >= 4 is 17.2 Å². The van der Waals surface area contributed by atoms with Gasteiger partial charge in [0, 0.05) is 4.88 Å². The van der Waals surface area contributed by atoms with Crippen LogP contribution < -0.4 is 5.32 Å². The number of rotatable bonds is 7. The molecule has 0 spiro atoms. The Bertz CT molecular complexity index is 955. The molecule has 2 aromatic heterocycles. The molecule has 4 rings (SSSR count). The van der Waals surface area contributed by atoms with Crippen LogP contribution in [0.1, 0.15) is 27.7 Å². The van der Waals surface area contributed by atoms with Crippen LogP contribution in [0.3, 0.4) is 0 Å². The molecule has 4 nitrogen and oxygen atoms in total. The summed E-state index contributed by atoms with van der Waals surface area (Å²) in [4.78, 5) is 14.0. The lowest BCUT2D eigenvalue weighted by Gasteiger charge is -2.27. The molecular formula is C24H21NO3S. The van der Waals surface area contributed by atoms with E-state index < -0.39 is 11.5 Å². The number of amides is 1. The van der Waals surface area contributed by atoms with Gasteiger partial charge >= 0.3 is 0 Å². The first kappa shape index (κ1) is 19.2. The van der Waals surface area contributed by atoms with Crippen LogP contribution in [-0.2, 0) is 10.4 Å². The topological polar surface area (TPSA) is 62.5 Å². The third kappa shape index (κ3) is 4.01. The van der Waals surface area contributed by atoms with Crippen molar-refractivity contribution in [2.24, 2.45) is 0 Å². The van der Waals surface area contributed by atoms with Crippen molar-refractivity contribution in [1.82, 2.24) is 5.32 Å². The lowest BCUT2D eigenvalue weighted by Crippen LogP contribution is -2.42. The average Bonchev–Trinajstić information content (AvgIpc) is 3.49. The maximum absolute atomic E-state index is 13.3. The normalized spacial score (nSPS) is 13.2. The second-order valence-electron chi connectivity index (χ2n) is 6.79. The molecule has 0 saturated heterocycles. The number of carbonyl (C=O) groups excluding carboxylic acids is 1. The molecule has 1 unspecified atom stereocenters. The lowest BCUT2D eigenvalue weighted by atomic mass is 9.90. The molecule has 2 aromatic carbocycles.